The second-order valence-electron chi connectivity index (χ2n) is 7.37. The summed E-state index contributed by atoms with van der Waals surface area (Å²) in [5.41, 5.74) is 9.36. The normalized spacial score (nSPS) is 14.9. The van der Waals surface area contributed by atoms with E-state index in [1.165, 1.54) is 5.56 Å². The predicted octanol–water partition coefficient (Wildman–Crippen LogP) is 3.22. The Morgan fingerprint density at radius 3 is 2.66 bits per heavy atom. The third kappa shape index (κ3) is 4.30. The van der Waals surface area contributed by atoms with E-state index in [9.17, 15) is 4.79 Å². The zero-order chi connectivity index (χ0) is 20.2. The van der Waals surface area contributed by atoms with Crippen molar-refractivity contribution in [3.05, 3.63) is 65.5 Å². The molecule has 7 heteroatoms. The number of methoxy groups -OCH3 is 1. The van der Waals surface area contributed by atoms with Gasteiger partial charge in [0.1, 0.15) is 6.61 Å². The van der Waals surface area contributed by atoms with E-state index in [0.717, 1.165) is 37.2 Å². The maximum atomic E-state index is 13.0. The minimum absolute atomic E-state index is 0.0548. The second-order valence-corrected chi connectivity index (χ2v) is 7.37. The summed E-state index contributed by atoms with van der Waals surface area (Å²) in [7, 11) is 1.61. The maximum absolute atomic E-state index is 13.0. The molecule has 0 unspecified atom stereocenters. The molecule has 1 fully saturated rings. The van der Waals surface area contributed by atoms with Gasteiger partial charge in [0.25, 0.3) is 5.91 Å². The number of nitrogens with one attached hydrogen (secondary N) is 1. The van der Waals surface area contributed by atoms with Crippen LogP contribution in [0.3, 0.4) is 0 Å². The van der Waals surface area contributed by atoms with Crippen LogP contribution in [0.1, 0.15) is 40.5 Å². The van der Waals surface area contributed by atoms with E-state index < -0.39 is 0 Å². The molecule has 1 saturated heterocycles. The van der Waals surface area contributed by atoms with E-state index >= 15 is 0 Å². The molecule has 0 radical (unpaired) electrons. The first-order valence-electron chi connectivity index (χ1n) is 9.79. The molecule has 3 aromatic rings. The van der Waals surface area contributed by atoms with Crippen molar-refractivity contribution < 1.29 is 9.53 Å². The van der Waals surface area contributed by atoms with Crippen molar-refractivity contribution in [2.45, 2.75) is 25.4 Å². The summed E-state index contributed by atoms with van der Waals surface area (Å²) in [5.74, 6) is 1.82. The molecule has 2 heterocycles. The topological polar surface area (TPSA) is 97.1 Å². The Balaban J connectivity index is 1.43. The highest BCUT2D eigenvalue weighted by molar-refractivity contribution is 5.95. The molecule has 2 aromatic carbocycles. The minimum atomic E-state index is 0.0548. The lowest BCUT2D eigenvalue weighted by molar-refractivity contribution is 0.0713. The lowest BCUT2D eigenvalue weighted by Crippen LogP contribution is -2.37. The molecule has 0 aliphatic carbocycles. The van der Waals surface area contributed by atoms with Crippen LogP contribution < -0.4 is 5.73 Å². The highest BCUT2D eigenvalue weighted by Gasteiger charge is 2.25. The maximum Gasteiger partial charge on any atom is 0.253 e. The van der Waals surface area contributed by atoms with E-state index in [1.54, 1.807) is 7.11 Å². The zero-order valence-electron chi connectivity index (χ0n) is 16.5. The molecule has 150 valence electrons. The minimum Gasteiger partial charge on any atom is -0.399 e. The van der Waals surface area contributed by atoms with E-state index in [4.69, 9.17) is 10.5 Å². The number of H-pyrrole nitrogens is 1. The molecule has 1 aliphatic heterocycles. The van der Waals surface area contributed by atoms with Crippen LogP contribution in [-0.4, -0.2) is 46.2 Å². The second kappa shape index (κ2) is 8.45. The molecule has 0 saturated carbocycles. The molecule has 4 rings (SSSR count). The Morgan fingerprint density at radius 2 is 1.93 bits per heavy atom. The van der Waals surface area contributed by atoms with Crippen molar-refractivity contribution in [2.75, 3.05) is 25.9 Å². The molecule has 3 N–H and O–H groups in total. The molecule has 1 amide bonds. The SMILES string of the molecule is COCc1nnc(-c2cccc(C(=O)N3CCC(c4ccc(N)cc4)CC3)c2)[nH]1. The van der Waals surface area contributed by atoms with Gasteiger partial charge >= 0.3 is 0 Å². The van der Waals surface area contributed by atoms with Crippen LogP contribution >= 0.6 is 0 Å². The quantitative estimate of drug-likeness (QED) is 0.651. The van der Waals surface area contributed by atoms with Crippen LogP contribution in [0.25, 0.3) is 11.4 Å². The molecule has 7 nitrogen and oxygen atoms in total. The number of aromatic amines is 1. The summed E-state index contributed by atoms with van der Waals surface area (Å²) >= 11 is 0. The fourth-order valence-electron chi connectivity index (χ4n) is 3.79. The fraction of sp³-hybridized carbons (Fsp3) is 0.318. The van der Waals surface area contributed by atoms with Crippen LogP contribution in [0, 0.1) is 0 Å². The Hall–Kier alpha value is -3.19. The Bertz CT molecular complexity index is 975. The van der Waals surface area contributed by atoms with Gasteiger partial charge in [-0.2, -0.15) is 0 Å². The number of hydrogen-bond donors (Lipinski definition) is 2. The first-order chi connectivity index (χ1) is 14.1. The Morgan fingerprint density at radius 1 is 1.17 bits per heavy atom. The number of nitrogens with two attached hydrogens (primary N) is 1. The first-order valence-corrected chi connectivity index (χ1v) is 9.79. The number of carbonyl (C=O) groups excluding carboxylic acids is 1. The van der Waals surface area contributed by atoms with E-state index in [0.29, 0.717) is 29.7 Å². The Kier molecular flexibility index (Phi) is 5.57. The molecule has 1 aromatic heterocycles. The number of hydrogen-bond acceptors (Lipinski definition) is 5. The molecular weight excluding hydrogens is 366 g/mol. The summed E-state index contributed by atoms with van der Waals surface area (Å²) in [6.07, 6.45) is 1.91. The van der Waals surface area contributed by atoms with Crippen LogP contribution in [0.2, 0.25) is 0 Å². The van der Waals surface area contributed by atoms with Crippen molar-refractivity contribution in [1.82, 2.24) is 20.1 Å². The molecule has 29 heavy (non-hydrogen) atoms. The fourth-order valence-corrected chi connectivity index (χ4v) is 3.79. The molecule has 0 bridgehead atoms. The van der Waals surface area contributed by atoms with Crippen LogP contribution in [0.4, 0.5) is 5.69 Å². The molecule has 1 aliphatic rings. The highest BCUT2D eigenvalue weighted by atomic mass is 16.5. The van der Waals surface area contributed by atoms with E-state index in [1.807, 2.05) is 41.3 Å². The van der Waals surface area contributed by atoms with Gasteiger partial charge in [0.2, 0.25) is 0 Å². The average molecular weight is 391 g/mol. The molecular formula is C22H25N5O2. The van der Waals surface area contributed by atoms with Gasteiger partial charge in [0.05, 0.1) is 0 Å². The van der Waals surface area contributed by atoms with Crippen molar-refractivity contribution >= 4 is 11.6 Å². The lowest BCUT2D eigenvalue weighted by atomic mass is 9.89. The molecule has 0 spiro atoms. The number of nitrogens with zero attached hydrogens (tertiary/aromatic N) is 3. The number of carbonyl (C=O) groups is 1. The summed E-state index contributed by atoms with van der Waals surface area (Å²) in [6, 6.07) is 15.6. The van der Waals surface area contributed by atoms with Gasteiger partial charge < -0.3 is 20.4 Å². The lowest BCUT2D eigenvalue weighted by Gasteiger charge is -2.32. The number of aromatic nitrogens is 3. The summed E-state index contributed by atoms with van der Waals surface area (Å²) in [4.78, 5) is 18.1. The van der Waals surface area contributed by atoms with Crippen molar-refractivity contribution in [2.24, 2.45) is 0 Å². The smallest absolute Gasteiger partial charge is 0.253 e. The monoisotopic (exact) mass is 391 g/mol. The van der Waals surface area contributed by atoms with Gasteiger partial charge in [-0.05, 0) is 48.6 Å². The van der Waals surface area contributed by atoms with Gasteiger partial charge in [-0.3, -0.25) is 4.79 Å². The van der Waals surface area contributed by atoms with Gasteiger partial charge in [-0.25, -0.2) is 0 Å². The number of nitrogen functional groups attached to an aromatic ring is 1. The number of benzene rings is 2. The van der Waals surface area contributed by atoms with Crippen LogP contribution in [0.15, 0.2) is 48.5 Å². The van der Waals surface area contributed by atoms with Crippen molar-refractivity contribution in [1.29, 1.82) is 0 Å². The zero-order valence-corrected chi connectivity index (χ0v) is 16.5. The van der Waals surface area contributed by atoms with Crippen molar-refractivity contribution in [3.63, 3.8) is 0 Å². The summed E-state index contributed by atoms with van der Waals surface area (Å²) < 4.78 is 5.06. The average Bonchev–Trinajstić information content (AvgIpc) is 3.23. The number of likely N-dealkylation sites (tertiary alicyclic amines) is 1. The van der Waals surface area contributed by atoms with Gasteiger partial charge in [0.15, 0.2) is 11.6 Å². The van der Waals surface area contributed by atoms with Crippen molar-refractivity contribution in [3.8, 4) is 11.4 Å². The van der Waals surface area contributed by atoms with Crippen LogP contribution in [0.5, 0.6) is 0 Å². The van der Waals surface area contributed by atoms with E-state index in [-0.39, 0.29) is 5.91 Å². The predicted molar refractivity (Wildman–Crippen MR) is 111 cm³/mol. The van der Waals surface area contributed by atoms with Gasteiger partial charge in [-0.15, -0.1) is 10.2 Å². The largest absolute Gasteiger partial charge is 0.399 e. The number of ether oxygens (including phenoxy) is 1. The van der Waals surface area contributed by atoms with E-state index in [2.05, 4.69) is 27.3 Å². The number of anilines is 1. The highest BCUT2D eigenvalue weighted by Crippen LogP contribution is 2.29. The third-order valence-corrected chi connectivity index (χ3v) is 5.39. The number of piperidine rings is 1. The van der Waals surface area contributed by atoms with Gasteiger partial charge in [-0.1, -0.05) is 24.3 Å². The summed E-state index contributed by atoms with van der Waals surface area (Å²) in [5, 5.41) is 8.20. The number of rotatable bonds is 5. The Labute approximate surface area is 169 Å². The third-order valence-electron chi connectivity index (χ3n) is 5.39. The molecule has 0 atom stereocenters. The standard InChI is InChI=1S/C22H25N5O2/c1-29-14-20-24-21(26-25-20)17-3-2-4-18(13-17)22(28)27-11-9-16(10-12-27)15-5-7-19(23)8-6-15/h2-8,13,16H,9-12,14,23H2,1H3,(H,24,25,26). The van der Waals surface area contributed by atoms with Gasteiger partial charge in [0, 0.05) is 37.0 Å². The number of amides is 1. The first kappa shape index (κ1) is 19.1. The summed E-state index contributed by atoms with van der Waals surface area (Å²) in [6.45, 7) is 1.87. The van der Waals surface area contributed by atoms with Crippen LogP contribution in [-0.2, 0) is 11.3 Å².